The largest absolute Gasteiger partial charge is 0.477 e. The van der Waals surface area contributed by atoms with Crippen molar-refractivity contribution in [1.82, 2.24) is 14.8 Å². The van der Waals surface area contributed by atoms with Gasteiger partial charge in [0.25, 0.3) is 0 Å². The molecule has 0 amide bonds. The molecule has 0 fully saturated rings. The molecule has 0 spiro atoms. The number of alkyl halides is 3. The minimum atomic E-state index is -4.54. The Balaban J connectivity index is 1.94. The molecule has 2 aromatic heterocycles. The van der Waals surface area contributed by atoms with Gasteiger partial charge in [0.05, 0.1) is 28.9 Å². The summed E-state index contributed by atoms with van der Waals surface area (Å²) in [6.45, 7) is 5.10. The van der Waals surface area contributed by atoms with E-state index in [0.717, 1.165) is 23.4 Å². The molecule has 2 aromatic carbocycles. The van der Waals surface area contributed by atoms with E-state index in [1.165, 1.54) is 22.9 Å². The van der Waals surface area contributed by atoms with E-state index < -0.39 is 17.7 Å². The van der Waals surface area contributed by atoms with Gasteiger partial charge in [-0.2, -0.15) is 18.3 Å². The van der Waals surface area contributed by atoms with Crippen LogP contribution in [0.2, 0.25) is 0 Å². The second-order valence-corrected chi connectivity index (χ2v) is 9.02. The van der Waals surface area contributed by atoms with Crippen molar-refractivity contribution in [2.75, 3.05) is 32.2 Å². The lowest BCUT2D eigenvalue weighted by atomic mass is 9.97. The third-order valence-electron chi connectivity index (χ3n) is 6.10. The van der Waals surface area contributed by atoms with Crippen LogP contribution >= 0.6 is 0 Å². The number of hydrogen-bond acceptors (Lipinski definition) is 5. The van der Waals surface area contributed by atoms with E-state index in [1.807, 2.05) is 50.1 Å². The number of benzene rings is 2. The lowest BCUT2D eigenvalue weighted by molar-refractivity contribution is -0.137. The molecule has 10 heteroatoms. The zero-order chi connectivity index (χ0) is 26.9. The van der Waals surface area contributed by atoms with Gasteiger partial charge in [0, 0.05) is 26.4 Å². The van der Waals surface area contributed by atoms with Crippen LogP contribution in [0.1, 0.15) is 41.5 Å². The summed E-state index contributed by atoms with van der Waals surface area (Å²) < 4.78 is 46.7. The molecular formula is C27H27F3N4O3. The van der Waals surface area contributed by atoms with Crippen LogP contribution in [0.5, 0.6) is 0 Å². The standard InChI is InChI=1S/C27H27F3N4O3/c1-16(2)24-23-21(17-8-10-19(11-9-17)33(3)12-13-37-4)15-22(26(35)36)31-25(23)34(32-24)20-7-5-6-18(14-20)27(28,29)30/h5-11,14-16H,12-13H2,1-4H3,(H,35,36). The number of fused-ring (bicyclic) bond motifs is 1. The zero-order valence-corrected chi connectivity index (χ0v) is 20.9. The van der Waals surface area contributed by atoms with Gasteiger partial charge in [-0.25, -0.2) is 14.5 Å². The highest BCUT2D eigenvalue weighted by molar-refractivity contribution is 6.00. The lowest BCUT2D eigenvalue weighted by Gasteiger charge is -2.19. The molecule has 0 saturated heterocycles. The Labute approximate surface area is 212 Å². The number of carboxylic acids is 1. The molecule has 0 atom stereocenters. The number of hydrogen-bond donors (Lipinski definition) is 1. The second-order valence-electron chi connectivity index (χ2n) is 9.02. The third kappa shape index (κ3) is 5.29. The van der Waals surface area contributed by atoms with Crippen LogP contribution in [0.4, 0.5) is 18.9 Å². The highest BCUT2D eigenvalue weighted by Crippen LogP contribution is 2.37. The van der Waals surface area contributed by atoms with Crippen LogP contribution in [-0.4, -0.2) is 53.1 Å². The van der Waals surface area contributed by atoms with Crippen molar-refractivity contribution in [3.63, 3.8) is 0 Å². The predicted octanol–water partition coefficient (Wildman–Crippen LogP) is 6.01. The molecule has 0 unspecified atom stereocenters. The minimum Gasteiger partial charge on any atom is -0.477 e. The van der Waals surface area contributed by atoms with Gasteiger partial charge in [0.15, 0.2) is 11.3 Å². The van der Waals surface area contributed by atoms with Gasteiger partial charge in [-0.15, -0.1) is 0 Å². The van der Waals surface area contributed by atoms with Crippen molar-refractivity contribution in [1.29, 1.82) is 0 Å². The fraction of sp³-hybridized carbons (Fsp3) is 0.296. The molecule has 0 bridgehead atoms. The summed E-state index contributed by atoms with van der Waals surface area (Å²) in [5.41, 5.74) is 2.15. The molecule has 0 aliphatic carbocycles. The van der Waals surface area contributed by atoms with Crippen molar-refractivity contribution in [2.24, 2.45) is 0 Å². The highest BCUT2D eigenvalue weighted by Gasteiger charge is 2.31. The lowest BCUT2D eigenvalue weighted by Crippen LogP contribution is -2.21. The average Bonchev–Trinajstić information content (AvgIpc) is 3.26. The molecule has 4 aromatic rings. The number of nitrogens with zero attached hydrogens (tertiary/aromatic N) is 4. The normalized spacial score (nSPS) is 11.9. The number of anilines is 1. The molecule has 7 nitrogen and oxygen atoms in total. The van der Waals surface area contributed by atoms with Gasteiger partial charge in [0.2, 0.25) is 0 Å². The number of carbonyl (C=O) groups is 1. The average molecular weight is 513 g/mol. The molecule has 0 radical (unpaired) electrons. The van der Waals surface area contributed by atoms with Crippen molar-refractivity contribution in [3.8, 4) is 16.8 Å². The Morgan fingerprint density at radius 2 is 1.84 bits per heavy atom. The van der Waals surface area contributed by atoms with Crippen LogP contribution < -0.4 is 4.90 Å². The molecule has 0 saturated carbocycles. The Hall–Kier alpha value is -3.92. The van der Waals surface area contributed by atoms with Gasteiger partial charge in [-0.1, -0.05) is 32.0 Å². The maximum atomic E-state index is 13.4. The molecule has 4 rings (SSSR count). The van der Waals surface area contributed by atoms with Crippen molar-refractivity contribution >= 4 is 22.7 Å². The Kier molecular flexibility index (Phi) is 7.22. The molecule has 2 heterocycles. The SMILES string of the molecule is COCCN(C)c1ccc(-c2cc(C(=O)O)nc3c2c(C(C)C)nn3-c2cccc(C(F)(F)F)c2)cc1. The number of aromatic nitrogens is 3. The minimum absolute atomic E-state index is 0.106. The maximum Gasteiger partial charge on any atom is 0.416 e. The first kappa shape index (κ1) is 26.2. The Bertz CT molecular complexity index is 1430. The smallest absolute Gasteiger partial charge is 0.416 e. The van der Waals surface area contributed by atoms with E-state index in [9.17, 15) is 23.1 Å². The van der Waals surface area contributed by atoms with Crippen LogP contribution in [-0.2, 0) is 10.9 Å². The monoisotopic (exact) mass is 512 g/mol. The maximum absolute atomic E-state index is 13.4. The number of halogens is 3. The predicted molar refractivity (Wildman–Crippen MR) is 135 cm³/mol. The van der Waals surface area contributed by atoms with E-state index in [-0.39, 0.29) is 22.9 Å². The second kappa shape index (κ2) is 10.2. The van der Waals surface area contributed by atoms with Crippen molar-refractivity contribution < 1.29 is 27.8 Å². The molecule has 37 heavy (non-hydrogen) atoms. The molecular weight excluding hydrogens is 485 g/mol. The van der Waals surface area contributed by atoms with Gasteiger partial charge in [0.1, 0.15) is 0 Å². The van der Waals surface area contributed by atoms with Crippen LogP contribution in [0.25, 0.3) is 27.8 Å². The van der Waals surface area contributed by atoms with Gasteiger partial charge < -0.3 is 14.7 Å². The molecule has 1 N–H and O–H groups in total. The summed E-state index contributed by atoms with van der Waals surface area (Å²) in [5.74, 6) is -1.35. The number of rotatable bonds is 8. The van der Waals surface area contributed by atoms with Gasteiger partial charge in [-0.3, -0.25) is 0 Å². The van der Waals surface area contributed by atoms with Crippen molar-refractivity contribution in [2.45, 2.75) is 25.9 Å². The summed E-state index contributed by atoms with van der Waals surface area (Å²) >= 11 is 0. The summed E-state index contributed by atoms with van der Waals surface area (Å²) in [6.07, 6.45) is -4.54. The number of methoxy groups -OCH3 is 1. The quantitative estimate of drug-likeness (QED) is 0.311. The Morgan fingerprint density at radius 1 is 1.14 bits per heavy atom. The van der Waals surface area contributed by atoms with Crippen LogP contribution in [0.15, 0.2) is 54.6 Å². The van der Waals surface area contributed by atoms with E-state index in [1.54, 1.807) is 7.11 Å². The zero-order valence-electron chi connectivity index (χ0n) is 20.9. The summed E-state index contributed by atoms with van der Waals surface area (Å²) in [4.78, 5) is 18.3. The fourth-order valence-electron chi connectivity index (χ4n) is 4.13. The van der Waals surface area contributed by atoms with Crippen LogP contribution in [0, 0.1) is 0 Å². The third-order valence-corrected chi connectivity index (χ3v) is 6.10. The highest BCUT2D eigenvalue weighted by atomic mass is 19.4. The number of carboxylic acid groups (broad SMARTS) is 1. The summed E-state index contributed by atoms with van der Waals surface area (Å²) in [7, 11) is 3.58. The van der Waals surface area contributed by atoms with E-state index >= 15 is 0 Å². The van der Waals surface area contributed by atoms with Gasteiger partial charge in [-0.05, 0) is 53.4 Å². The molecule has 0 aliphatic heterocycles. The van der Waals surface area contributed by atoms with Crippen LogP contribution in [0.3, 0.4) is 0 Å². The van der Waals surface area contributed by atoms with E-state index in [2.05, 4.69) is 10.1 Å². The van der Waals surface area contributed by atoms with E-state index in [4.69, 9.17) is 4.74 Å². The topological polar surface area (TPSA) is 80.5 Å². The van der Waals surface area contributed by atoms with Gasteiger partial charge >= 0.3 is 12.1 Å². The number of ether oxygens (including phenoxy) is 1. The first-order valence-electron chi connectivity index (χ1n) is 11.7. The van der Waals surface area contributed by atoms with E-state index in [0.29, 0.717) is 29.8 Å². The number of aromatic carboxylic acids is 1. The Morgan fingerprint density at radius 3 is 2.43 bits per heavy atom. The summed E-state index contributed by atoms with van der Waals surface area (Å²) in [6, 6.07) is 13.8. The number of pyridine rings is 1. The number of likely N-dealkylation sites (N-methyl/N-ethyl adjacent to an activating group) is 1. The molecule has 0 aliphatic rings. The summed E-state index contributed by atoms with van der Waals surface area (Å²) in [5, 5.41) is 15.0. The first-order chi connectivity index (χ1) is 17.5. The first-order valence-corrected chi connectivity index (χ1v) is 11.7. The fourth-order valence-corrected chi connectivity index (χ4v) is 4.13. The van der Waals surface area contributed by atoms with Crippen molar-refractivity contribution in [3.05, 3.63) is 71.5 Å². The molecule has 194 valence electrons.